The van der Waals surface area contributed by atoms with Crippen LogP contribution >= 0.6 is 0 Å². The smallest absolute Gasteiger partial charge is 0.347 e. The number of hydrogen-bond acceptors (Lipinski definition) is 5. The maximum atomic E-state index is 13.9. The van der Waals surface area contributed by atoms with Gasteiger partial charge in [-0.3, -0.25) is 4.18 Å². The molecule has 1 heterocycles. The molecule has 2 fully saturated rings. The van der Waals surface area contributed by atoms with E-state index in [4.69, 9.17) is 9.47 Å². The van der Waals surface area contributed by atoms with Crippen molar-refractivity contribution in [3.8, 4) is 0 Å². The molecular formula is C16H14F8O5S. The zero-order valence-electron chi connectivity index (χ0n) is 14.9. The first-order valence-corrected chi connectivity index (χ1v) is 10.0. The Labute approximate surface area is 165 Å². The average molecular weight is 470 g/mol. The number of rotatable bonds is 4. The minimum absolute atomic E-state index is 0.0316. The summed E-state index contributed by atoms with van der Waals surface area (Å²) in [5, 5.41) is 0. The fourth-order valence-corrected chi connectivity index (χ4v) is 4.92. The van der Waals surface area contributed by atoms with E-state index >= 15 is 0 Å². The molecule has 1 aromatic rings. The van der Waals surface area contributed by atoms with E-state index in [1.807, 2.05) is 0 Å². The highest BCUT2D eigenvalue weighted by Gasteiger charge is 2.59. The predicted molar refractivity (Wildman–Crippen MR) is 80.9 cm³/mol. The second-order valence-electron chi connectivity index (χ2n) is 6.77. The molecule has 0 N–H and O–H groups in total. The summed E-state index contributed by atoms with van der Waals surface area (Å²) in [4.78, 5) is -2.51. The van der Waals surface area contributed by atoms with Crippen molar-refractivity contribution in [3.05, 3.63) is 29.1 Å². The molecule has 1 saturated heterocycles. The zero-order valence-corrected chi connectivity index (χ0v) is 15.7. The maximum Gasteiger partial charge on any atom is 0.416 e. The average Bonchev–Trinajstić information content (AvgIpc) is 3.11. The summed E-state index contributed by atoms with van der Waals surface area (Å²) in [5.74, 6) is -17.2. The van der Waals surface area contributed by atoms with Gasteiger partial charge in [0.15, 0.2) is 40.1 Å². The lowest BCUT2D eigenvalue weighted by atomic mass is 9.79. The lowest BCUT2D eigenvalue weighted by molar-refractivity contribution is -0.281. The quantitative estimate of drug-likeness (QED) is 0.289. The summed E-state index contributed by atoms with van der Waals surface area (Å²) in [6.07, 6.45) is -8.33. The number of hydrogen-bond donors (Lipinski definition) is 0. The van der Waals surface area contributed by atoms with Crippen molar-refractivity contribution in [1.29, 1.82) is 0 Å². The number of benzene rings is 1. The summed E-state index contributed by atoms with van der Waals surface area (Å²) in [7, 11) is -6.09. The Balaban J connectivity index is 2.06. The van der Waals surface area contributed by atoms with Gasteiger partial charge in [0.05, 0.1) is 13.2 Å². The van der Waals surface area contributed by atoms with Gasteiger partial charge in [0.25, 0.3) is 0 Å². The van der Waals surface area contributed by atoms with Crippen LogP contribution < -0.4 is 0 Å². The van der Waals surface area contributed by atoms with E-state index in [-0.39, 0.29) is 32.5 Å². The van der Waals surface area contributed by atoms with E-state index in [2.05, 4.69) is 4.18 Å². The van der Waals surface area contributed by atoms with Crippen molar-refractivity contribution in [1.82, 2.24) is 0 Å². The van der Waals surface area contributed by atoms with E-state index in [9.17, 15) is 43.5 Å². The monoisotopic (exact) mass is 470 g/mol. The molecule has 2 atom stereocenters. The van der Waals surface area contributed by atoms with Gasteiger partial charge >= 0.3 is 16.3 Å². The van der Waals surface area contributed by atoms with Gasteiger partial charge in [0.2, 0.25) is 5.82 Å². The van der Waals surface area contributed by atoms with E-state index in [1.54, 1.807) is 0 Å². The molecule has 30 heavy (non-hydrogen) atoms. The van der Waals surface area contributed by atoms with Crippen molar-refractivity contribution in [2.24, 2.45) is 5.92 Å². The fourth-order valence-electron chi connectivity index (χ4n) is 3.69. The summed E-state index contributed by atoms with van der Waals surface area (Å²) < 4.78 is 148. The largest absolute Gasteiger partial charge is 0.416 e. The Morgan fingerprint density at radius 1 is 0.900 bits per heavy atom. The summed E-state index contributed by atoms with van der Waals surface area (Å²) >= 11 is 0. The minimum Gasteiger partial charge on any atom is -0.347 e. The third-order valence-electron chi connectivity index (χ3n) is 4.97. The molecule has 1 aliphatic carbocycles. The van der Waals surface area contributed by atoms with Crippen LogP contribution in [-0.2, 0) is 23.8 Å². The lowest BCUT2D eigenvalue weighted by Crippen LogP contribution is -2.53. The minimum atomic E-state index is -6.09. The van der Waals surface area contributed by atoms with Crippen LogP contribution in [0.2, 0.25) is 0 Å². The second kappa shape index (κ2) is 7.88. The Hall–Kier alpha value is -1.51. The highest BCUT2D eigenvalue weighted by atomic mass is 32.2. The molecule has 1 spiro atoms. The van der Waals surface area contributed by atoms with Crippen LogP contribution in [0, 0.1) is 35.0 Å². The normalized spacial score (nSPS) is 23.1. The van der Waals surface area contributed by atoms with Gasteiger partial charge in [-0.15, -0.1) is 0 Å². The fraction of sp³-hybridized carbons (Fsp3) is 0.625. The molecule has 0 radical (unpaired) electrons. The standard InChI is InChI=1S/C16H14F8O5S/c17-8-9(18)11(20)13(12(21)10(8)19)30(25,26)29-14(16(22,23)24)7-3-1-2-4-15(7)27-5-6-28-15/h7,14H,1-6H2. The van der Waals surface area contributed by atoms with Gasteiger partial charge < -0.3 is 9.47 Å². The van der Waals surface area contributed by atoms with E-state index in [0.29, 0.717) is 6.42 Å². The molecule has 170 valence electrons. The van der Waals surface area contributed by atoms with E-state index < -0.39 is 68.1 Å². The number of halogens is 8. The van der Waals surface area contributed by atoms with Gasteiger partial charge in [0.1, 0.15) is 0 Å². The number of ether oxygens (including phenoxy) is 2. The molecule has 14 heteroatoms. The van der Waals surface area contributed by atoms with Crippen LogP contribution in [-0.4, -0.2) is 39.7 Å². The maximum absolute atomic E-state index is 13.9. The van der Waals surface area contributed by atoms with Crippen LogP contribution in [0.3, 0.4) is 0 Å². The van der Waals surface area contributed by atoms with Crippen molar-refractivity contribution in [3.63, 3.8) is 0 Å². The van der Waals surface area contributed by atoms with Crippen molar-refractivity contribution in [2.45, 2.75) is 48.6 Å². The molecule has 0 bridgehead atoms. The number of alkyl halides is 3. The topological polar surface area (TPSA) is 61.8 Å². The molecule has 2 aliphatic rings. The molecule has 3 rings (SSSR count). The summed E-state index contributed by atoms with van der Waals surface area (Å²) in [6, 6.07) is 0. The molecule has 0 aromatic heterocycles. The lowest BCUT2D eigenvalue weighted by Gasteiger charge is -2.42. The van der Waals surface area contributed by atoms with Gasteiger partial charge in [-0.1, -0.05) is 6.42 Å². The Bertz CT molecular complexity index is 898. The highest BCUT2D eigenvalue weighted by molar-refractivity contribution is 7.86. The van der Waals surface area contributed by atoms with Crippen molar-refractivity contribution >= 4 is 10.1 Å². The van der Waals surface area contributed by atoms with E-state index in [1.165, 1.54) is 0 Å². The van der Waals surface area contributed by atoms with Gasteiger partial charge in [-0.05, 0) is 12.8 Å². The van der Waals surface area contributed by atoms with Crippen LogP contribution in [0.4, 0.5) is 35.1 Å². The first-order chi connectivity index (χ1) is 13.8. The first-order valence-electron chi connectivity index (χ1n) is 8.61. The molecule has 0 amide bonds. The molecular weight excluding hydrogens is 456 g/mol. The molecule has 2 unspecified atom stereocenters. The van der Waals surface area contributed by atoms with Crippen molar-refractivity contribution < 1.29 is 57.2 Å². The first kappa shape index (κ1) is 23.2. The van der Waals surface area contributed by atoms with Gasteiger partial charge in [0, 0.05) is 12.3 Å². The molecule has 1 aromatic carbocycles. The van der Waals surface area contributed by atoms with Crippen LogP contribution in [0.15, 0.2) is 4.90 Å². The van der Waals surface area contributed by atoms with Crippen LogP contribution in [0.5, 0.6) is 0 Å². The predicted octanol–water partition coefficient (Wildman–Crippen LogP) is 3.95. The Kier molecular flexibility index (Phi) is 6.08. The van der Waals surface area contributed by atoms with E-state index in [0.717, 1.165) is 0 Å². The zero-order chi connectivity index (χ0) is 22.5. The second-order valence-corrected chi connectivity index (χ2v) is 8.28. The molecule has 5 nitrogen and oxygen atoms in total. The molecule has 1 aliphatic heterocycles. The summed E-state index contributed by atoms with van der Waals surface area (Å²) in [5.41, 5.74) is 0. The van der Waals surface area contributed by atoms with Crippen molar-refractivity contribution in [2.75, 3.05) is 13.2 Å². The van der Waals surface area contributed by atoms with Gasteiger partial charge in [-0.2, -0.15) is 21.6 Å². The SMILES string of the molecule is O=S(=O)(OC(C1CCCCC12OCCO2)C(F)(F)F)c1c(F)c(F)c(F)c(F)c1F. The van der Waals surface area contributed by atoms with Crippen LogP contribution in [0.1, 0.15) is 25.7 Å². The Morgan fingerprint density at radius 2 is 1.40 bits per heavy atom. The molecule has 1 saturated carbocycles. The summed E-state index contributed by atoms with van der Waals surface area (Å²) in [6.45, 7) is -0.156. The Morgan fingerprint density at radius 3 is 1.90 bits per heavy atom. The van der Waals surface area contributed by atoms with Gasteiger partial charge in [-0.25, -0.2) is 22.0 Å². The van der Waals surface area contributed by atoms with Crippen LogP contribution in [0.25, 0.3) is 0 Å². The highest BCUT2D eigenvalue weighted by Crippen LogP contribution is 2.47. The third kappa shape index (κ3) is 3.89. The third-order valence-corrected chi connectivity index (χ3v) is 6.29.